The van der Waals surface area contributed by atoms with E-state index in [4.69, 9.17) is 0 Å². The van der Waals surface area contributed by atoms with Crippen molar-refractivity contribution in [2.45, 2.75) is 59.4 Å². The van der Waals surface area contributed by atoms with Gasteiger partial charge in [-0.3, -0.25) is 0 Å². The third kappa shape index (κ3) is 1.13. The molecule has 2 bridgehead atoms. The molecule has 2 aliphatic carbocycles. The Kier molecular flexibility index (Phi) is 2.52. The zero-order valence-corrected chi connectivity index (χ0v) is 13.6. The Bertz CT molecular complexity index is 521. The van der Waals surface area contributed by atoms with Gasteiger partial charge in [0.15, 0.2) is 5.54 Å². The topological polar surface area (TPSA) is 40.5 Å². The molecule has 112 valence electrons. The van der Waals surface area contributed by atoms with Gasteiger partial charge in [-0.05, 0) is 55.4 Å². The number of carboxylic acids is 1. The quantitative estimate of drug-likeness (QED) is 0.839. The molecule has 3 nitrogen and oxygen atoms in total. The van der Waals surface area contributed by atoms with Gasteiger partial charge in [0, 0.05) is 18.7 Å². The van der Waals surface area contributed by atoms with E-state index in [1.165, 1.54) is 12.8 Å². The minimum atomic E-state index is -0.759. The summed E-state index contributed by atoms with van der Waals surface area (Å²) in [6.45, 7) is 11.1. The largest absolute Gasteiger partial charge is 0.479 e. The van der Waals surface area contributed by atoms with E-state index in [0.717, 1.165) is 17.7 Å². The summed E-state index contributed by atoms with van der Waals surface area (Å²) in [6, 6.07) is 0. The van der Waals surface area contributed by atoms with Crippen LogP contribution >= 0.6 is 0 Å². The lowest BCUT2D eigenvalue weighted by Gasteiger charge is -2.58. The van der Waals surface area contributed by atoms with Crippen molar-refractivity contribution in [2.24, 2.45) is 22.7 Å². The van der Waals surface area contributed by atoms with Crippen molar-refractivity contribution in [2.75, 3.05) is 7.05 Å². The number of hydrogen-bond acceptors (Lipinski definition) is 2. The van der Waals surface area contributed by atoms with E-state index < -0.39 is 11.5 Å². The van der Waals surface area contributed by atoms with Crippen molar-refractivity contribution in [3.63, 3.8) is 0 Å². The minimum absolute atomic E-state index is 0.131. The highest BCUT2D eigenvalue weighted by Crippen LogP contribution is 2.72. The summed E-state index contributed by atoms with van der Waals surface area (Å²) in [4.78, 5) is 14.2. The molecule has 0 amide bonds. The number of nitrogens with zero attached hydrogens (tertiary/aromatic N) is 1. The van der Waals surface area contributed by atoms with Crippen LogP contribution in [0, 0.1) is 22.7 Å². The van der Waals surface area contributed by atoms with Crippen LogP contribution in [0.2, 0.25) is 0 Å². The van der Waals surface area contributed by atoms with Gasteiger partial charge in [-0.15, -0.1) is 0 Å². The fourth-order valence-electron chi connectivity index (χ4n) is 5.77. The maximum Gasteiger partial charge on any atom is 0.334 e. The lowest BCUT2D eigenvalue weighted by Crippen LogP contribution is -2.67. The van der Waals surface area contributed by atoms with E-state index in [1.807, 2.05) is 25.8 Å². The fourth-order valence-corrected chi connectivity index (χ4v) is 5.77. The number of allylic oxidation sites excluding steroid dienone is 1. The first kappa shape index (κ1) is 14.0. The zero-order valence-electron chi connectivity index (χ0n) is 13.6. The second-order valence-corrected chi connectivity index (χ2v) is 8.00. The molecule has 4 atom stereocenters. The number of rotatable bonds is 2. The standard InChI is InChI=1S/C17H27NO2/c1-10-11(2)18(6)17(10,14(19)20)13-9-12-7-8-16(13,5)15(12,3)4/h12-13H,7-9H2,1-6H3,(H,19,20). The van der Waals surface area contributed by atoms with Gasteiger partial charge < -0.3 is 10.0 Å². The van der Waals surface area contributed by atoms with Crippen molar-refractivity contribution >= 4 is 5.97 Å². The molecule has 0 radical (unpaired) electrons. The molecular formula is C17H27NO2. The van der Waals surface area contributed by atoms with Crippen LogP contribution in [0.3, 0.4) is 0 Å². The Balaban J connectivity index is 2.12. The van der Waals surface area contributed by atoms with E-state index >= 15 is 0 Å². The minimum Gasteiger partial charge on any atom is -0.479 e. The SMILES string of the molecule is CC1=C(C)C(C(=O)O)(C2CC3CCC2(C)C3(C)C)N1C. The average molecular weight is 277 g/mol. The van der Waals surface area contributed by atoms with Crippen LogP contribution in [-0.4, -0.2) is 28.6 Å². The lowest BCUT2D eigenvalue weighted by atomic mass is 9.56. The number of carboxylic acid groups (broad SMARTS) is 1. The summed E-state index contributed by atoms with van der Waals surface area (Å²) in [7, 11) is 1.96. The Morgan fingerprint density at radius 2 is 1.90 bits per heavy atom. The number of fused-ring (bicyclic) bond motifs is 2. The number of hydrogen-bond donors (Lipinski definition) is 1. The van der Waals surface area contributed by atoms with Crippen LogP contribution in [0.5, 0.6) is 0 Å². The van der Waals surface area contributed by atoms with Crippen molar-refractivity contribution in [3.05, 3.63) is 11.3 Å². The zero-order chi connectivity index (χ0) is 15.1. The normalized spacial score (nSPS) is 45.8. The molecule has 0 spiro atoms. The second-order valence-electron chi connectivity index (χ2n) is 8.00. The third-order valence-corrected chi connectivity index (χ3v) is 7.77. The summed E-state index contributed by atoms with van der Waals surface area (Å²) in [5, 5.41) is 10.0. The van der Waals surface area contributed by atoms with E-state index in [-0.39, 0.29) is 16.7 Å². The Labute approximate surface area is 122 Å². The summed E-state index contributed by atoms with van der Waals surface area (Å²) >= 11 is 0. The van der Waals surface area contributed by atoms with Gasteiger partial charge in [0.2, 0.25) is 0 Å². The van der Waals surface area contributed by atoms with Crippen LogP contribution in [0.15, 0.2) is 11.3 Å². The van der Waals surface area contributed by atoms with Crippen molar-refractivity contribution in [1.82, 2.24) is 4.90 Å². The van der Waals surface area contributed by atoms with E-state index in [2.05, 4.69) is 20.8 Å². The van der Waals surface area contributed by atoms with Crippen molar-refractivity contribution < 1.29 is 9.90 Å². The summed E-state index contributed by atoms with van der Waals surface area (Å²) in [5.74, 6) is 0.253. The molecule has 3 aliphatic rings. The molecule has 2 fully saturated rings. The molecule has 0 aromatic rings. The lowest BCUT2D eigenvalue weighted by molar-refractivity contribution is -0.158. The highest BCUT2D eigenvalue weighted by Gasteiger charge is 2.71. The molecule has 4 unspecified atom stereocenters. The van der Waals surface area contributed by atoms with Crippen LogP contribution < -0.4 is 0 Å². The van der Waals surface area contributed by atoms with E-state index in [9.17, 15) is 9.90 Å². The van der Waals surface area contributed by atoms with Gasteiger partial charge in [0.05, 0.1) is 0 Å². The van der Waals surface area contributed by atoms with Crippen molar-refractivity contribution in [3.8, 4) is 0 Å². The average Bonchev–Trinajstić information content (AvgIpc) is 2.71. The molecule has 0 saturated heterocycles. The predicted molar refractivity (Wildman–Crippen MR) is 79.2 cm³/mol. The van der Waals surface area contributed by atoms with Crippen LogP contribution in [0.4, 0.5) is 0 Å². The third-order valence-electron chi connectivity index (χ3n) is 7.77. The van der Waals surface area contributed by atoms with Crippen LogP contribution in [0.1, 0.15) is 53.9 Å². The van der Waals surface area contributed by atoms with E-state index in [0.29, 0.717) is 5.92 Å². The van der Waals surface area contributed by atoms with Gasteiger partial charge in [-0.2, -0.15) is 0 Å². The Morgan fingerprint density at radius 1 is 1.30 bits per heavy atom. The summed E-state index contributed by atoms with van der Waals surface area (Å²) < 4.78 is 0. The molecule has 0 aromatic carbocycles. The van der Waals surface area contributed by atoms with Crippen molar-refractivity contribution in [1.29, 1.82) is 0 Å². The molecule has 3 rings (SSSR count). The summed E-state index contributed by atoms with van der Waals surface area (Å²) in [6.07, 6.45) is 3.50. The van der Waals surface area contributed by atoms with Gasteiger partial charge in [-0.25, -0.2) is 4.79 Å². The molecule has 20 heavy (non-hydrogen) atoms. The first-order valence-corrected chi connectivity index (χ1v) is 7.77. The predicted octanol–water partition coefficient (Wildman–Crippen LogP) is 3.51. The molecular weight excluding hydrogens is 250 g/mol. The van der Waals surface area contributed by atoms with Gasteiger partial charge in [0.1, 0.15) is 0 Å². The maximum atomic E-state index is 12.2. The molecule has 3 heteroatoms. The van der Waals surface area contributed by atoms with Gasteiger partial charge in [-0.1, -0.05) is 20.8 Å². The fraction of sp³-hybridized carbons (Fsp3) is 0.824. The highest BCUT2D eigenvalue weighted by atomic mass is 16.4. The first-order valence-electron chi connectivity index (χ1n) is 7.77. The van der Waals surface area contributed by atoms with Crippen LogP contribution in [-0.2, 0) is 4.79 Å². The molecule has 0 aromatic heterocycles. The maximum absolute atomic E-state index is 12.2. The second kappa shape index (κ2) is 3.61. The molecule has 1 heterocycles. The number of aliphatic carboxylic acids is 1. The highest BCUT2D eigenvalue weighted by molar-refractivity contribution is 5.87. The van der Waals surface area contributed by atoms with Crippen LogP contribution in [0.25, 0.3) is 0 Å². The molecule has 2 saturated carbocycles. The monoisotopic (exact) mass is 277 g/mol. The summed E-state index contributed by atoms with van der Waals surface area (Å²) in [5.41, 5.74) is 1.83. The number of carbonyl (C=O) groups is 1. The molecule has 1 aliphatic heterocycles. The van der Waals surface area contributed by atoms with E-state index in [1.54, 1.807) is 0 Å². The van der Waals surface area contributed by atoms with Gasteiger partial charge in [0.25, 0.3) is 0 Å². The Hall–Kier alpha value is -0.990. The Morgan fingerprint density at radius 3 is 2.25 bits per heavy atom. The number of likely N-dealkylation sites (N-methyl/N-ethyl adjacent to an activating group) is 1. The smallest absolute Gasteiger partial charge is 0.334 e. The van der Waals surface area contributed by atoms with Gasteiger partial charge >= 0.3 is 5.97 Å². The molecule has 1 N–H and O–H groups in total. The first-order chi connectivity index (χ1) is 9.11.